The third kappa shape index (κ3) is 4.76. The lowest BCUT2D eigenvalue weighted by Crippen LogP contribution is -2.36. The van der Waals surface area contributed by atoms with Gasteiger partial charge in [-0.25, -0.2) is 13.4 Å². The number of nitrogens with zero attached hydrogens (tertiary/aromatic N) is 2. The molecule has 1 aromatic carbocycles. The summed E-state index contributed by atoms with van der Waals surface area (Å²) >= 11 is 2.55. The number of sulfone groups is 1. The molecule has 1 aliphatic rings. The minimum absolute atomic E-state index is 0.0216. The van der Waals surface area contributed by atoms with E-state index < -0.39 is 9.84 Å². The number of allylic oxidation sites excluding steroid dienone is 1. The minimum atomic E-state index is -3.06. The summed E-state index contributed by atoms with van der Waals surface area (Å²) in [5, 5.41) is 5.68. The van der Waals surface area contributed by atoms with E-state index in [9.17, 15) is 18.0 Å². The number of fused-ring (bicyclic) bond motifs is 1. The van der Waals surface area contributed by atoms with Gasteiger partial charge in [0.05, 0.1) is 22.6 Å². The van der Waals surface area contributed by atoms with Gasteiger partial charge in [-0.15, -0.1) is 17.9 Å². The van der Waals surface area contributed by atoms with E-state index in [1.165, 1.54) is 15.9 Å². The van der Waals surface area contributed by atoms with Crippen molar-refractivity contribution in [2.24, 2.45) is 0 Å². The van der Waals surface area contributed by atoms with Crippen LogP contribution in [0.25, 0.3) is 21.3 Å². The number of thiophene rings is 1. The van der Waals surface area contributed by atoms with E-state index >= 15 is 0 Å². The van der Waals surface area contributed by atoms with Gasteiger partial charge in [0.2, 0.25) is 5.91 Å². The van der Waals surface area contributed by atoms with Crippen molar-refractivity contribution in [3.63, 3.8) is 0 Å². The van der Waals surface area contributed by atoms with Crippen LogP contribution in [0.15, 0.2) is 58.3 Å². The molecular formula is C21H21N3O4S3. The van der Waals surface area contributed by atoms with Crippen LogP contribution in [-0.2, 0) is 21.2 Å². The van der Waals surface area contributed by atoms with Gasteiger partial charge in [-0.1, -0.05) is 48.2 Å². The molecule has 0 aliphatic carbocycles. The fraction of sp³-hybridized carbons (Fsp3) is 0.286. The van der Waals surface area contributed by atoms with Crippen LogP contribution in [0.5, 0.6) is 0 Å². The Morgan fingerprint density at radius 1 is 1.35 bits per heavy atom. The maximum atomic E-state index is 13.3. The summed E-state index contributed by atoms with van der Waals surface area (Å²) < 4.78 is 24.7. The van der Waals surface area contributed by atoms with Crippen LogP contribution in [0.4, 0.5) is 0 Å². The predicted molar refractivity (Wildman–Crippen MR) is 125 cm³/mol. The Kier molecular flexibility index (Phi) is 6.31. The topological polar surface area (TPSA) is 98.1 Å². The quantitative estimate of drug-likeness (QED) is 0.321. The van der Waals surface area contributed by atoms with Crippen LogP contribution >= 0.6 is 23.1 Å². The lowest BCUT2D eigenvalue weighted by atomic mass is 10.1. The lowest BCUT2D eigenvalue weighted by molar-refractivity contribution is -0.119. The maximum absolute atomic E-state index is 13.3. The maximum Gasteiger partial charge on any atom is 0.263 e. The Morgan fingerprint density at radius 3 is 2.81 bits per heavy atom. The first kappa shape index (κ1) is 21.8. The standard InChI is InChI=1S/C21H21N3O4S3/c1-2-9-24-20(26)18-16(14-6-4-3-5-7-14)11-29-19(18)23-21(24)30-12-17(25)22-15-8-10-31(27,28)13-15/h2-7,11,15H,1,8-10,12-13H2,(H,22,25)/t15-/m0/s1. The summed E-state index contributed by atoms with van der Waals surface area (Å²) in [6.45, 7) is 4.01. The molecule has 7 nitrogen and oxygen atoms in total. The van der Waals surface area contributed by atoms with Gasteiger partial charge in [0.25, 0.3) is 5.56 Å². The van der Waals surface area contributed by atoms with E-state index in [0.29, 0.717) is 21.8 Å². The molecule has 1 N–H and O–H groups in total. The second-order valence-corrected chi connectivity index (χ2v) is 11.3. The predicted octanol–water partition coefficient (Wildman–Crippen LogP) is 2.71. The van der Waals surface area contributed by atoms with Crippen LogP contribution < -0.4 is 10.9 Å². The monoisotopic (exact) mass is 475 g/mol. The summed E-state index contributed by atoms with van der Waals surface area (Å²) in [5.41, 5.74) is 1.62. The molecule has 0 spiro atoms. The molecule has 0 bridgehead atoms. The number of hydrogen-bond acceptors (Lipinski definition) is 7. The smallest absolute Gasteiger partial charge is 0.263 e. The number of benzene rings is 1. The molecule has 0 unspecified atom stereocenters. The SMILES string of the molecule is C=CCn1c(SCC(=O)N[C@H]2CCS(=O)(=O)C2)nc2scc(-c3ccccc3)c2c1=O. The van der Waals surface area contributed by atoms with Crippen molar-refractivity contribution in [2.45, 2.75) is 24.2 Å². The molecule has 3 heterocycles. The van der Waals surface area contributed by atoms with Crippen molar-refractivity contribution in [3.8, 4) is 11.1 Å². The number of carbonyl (C=O) groups is 1. The molecule has 162 valence electrons. The average molecular weight is 476 g/mol. The Hall–Kier alpha value is -2.43. The molecule has 4 rings (SSSR count). The largest absolute Gasteiger partial charge is 0.352 e. The van der Waals surface area contributed by atoms with Crippen LogP contribution in [0.3, 0.4) is 0 Å². The first-order chi connectivity index (χ1) is 14.9. The van der Waals surface area contributed by atoms with Gasteiger partial charge in [0, 0.05) is 23.5 Å². The first-order valence-electron chi connectivity index (χ1n) is 9.69. The Balaban J connectivity index is 1.59. The normalized spacial score (nSPS) is 17.6. The Labute approximate surface area is 188 Å². The second-order valence-electron chi connectivity index (χ2n) is 7.25. The zero-order valence-electron chi connectivity index (χ0n) is 16.6. The molecule has 2 aromatic heterocycles. The van der Waals surface area contributed by atoms with E-state index in [4.69, 9.17) is 0 Å². The molecule has 1 fully saturated rings. The average Bonchev–Trinajstić information content (AvgIpc) is 3.32. The number of hydrogen-bond donors (Lipinski definition) is 1. The highest BCUT2D eigenvalue weighted by Gasteiger charge is 2.29. The fourth-order valence-electron chi connectivity index (χ4n) is 3.54. The van der Waals surface area contributed by atoms with Gasteiger partial charge in [-0.3, -0.25) is 14.2 Å². The van der Waals surface area contributed by atoms with Crippen molar-refractivity contribution in [1.82, 2.24) is 14.9 Å². The fourth-order valence-corrected chi connectivity index (χ4v) is 7.03. The van der Waals surface area contributed by atoms with Crippen LogP contribution in [0.2, 0.25) is 0 Å². The number of aromatic nitrogens is 2. The Bertz CT molecular complexity index is 1300. The second kappa shape index (κ2) is 8.97. The number of carbonyl (C=O) groups excluding carboxylic acids is 1. The zero-order chi connectivity index (χ0) is 22.0. The number of thioether (sulfide) groups is 1. The van der Waals surface area contributed by atoms with E-state index in [2.05, 4.69) is 16.9 Å². The van der Waals surface area contributed by atoms with E-state index in [0.717, 1.165) is 22.9 Å². The molecule has 0 saturated carbocycles. The van der Waals surface area contributed by atoms with Gasteiger partial charge in [-0.05, 0) is 12.0 Å². The highest BCUT2D eigenvalue weighted by atomic mass is 32.2. The molecule has 0 radical (unpaired) electrons. The number of nitrogens with one attached hydrogen (secondary N) is 1. The highest BCUT2D eigenvalue weighted by molar-refractivity contribution is 7.99. The molecule has 1 atom stereocenters. The van der Waals surface area contributed by atoms with Crippen LogP contribution in [0.1, 0.15) is 6.42 Å². The van der Waals surface area contributed by atoms with Crippen LogP contribution in [0, 0.1) is 0 Å². The number of amides is 1. The van der Waals surface area contributed by atoms with Crippen molar-refractivity contribution in [1.29, 1.82) is 0 Å². The molecular weight excluding hydrogens is 454 g/mol. The molecule has 31 heavy (non-hydrogen) atoms. The van der Waals surface area contributed by atoms with Gasteiger partial charge in [0.15, 0.2) is 15.0 Å². The van der Waals surface area contributed by atoms with Gasteiger partial charge in [0.1, 0.15) is 4.83 Å². The van der Waals surface area contributed by atoms with Crippen molar-refractivity contribution in [3.05, 3.63) is 58.7 Å². The van der Waals surface area contributed by atoms with Gasteiger partial charge in [-0.2, -0.15) is 0 Å². The Morgan fingerprint density at radius 2 is 2.13 bits per heavy atom. The summed E-state index contributed by atoms with van der Waals surface area (Å²) in [6, 6.07) is 9.33. The summed E-state index contributed by atoms with van der Waals surface area (Å²) in [6.07, 6.45) is 2.05. The third-order valence-corrected chi connectivity index (χ3v) is 8.60. The summed E-state index contributed by atoms with van der Waals surface area (Å²) in [4.78, 5) is 30.9. The van der Waals surface area contributed by atoms with E-state index in [-0.39, 0.29) is 41.3 Å². The zero-order valence-corrected chi connectivity index (χ0v) is 19.1. The van der Waals surface area contributed by atoms with Crippen molar-refractivity contribution < 1.29 is 13.2 Å². The van der Waals surface area contributed by atoms with E-state index in [1.54, 1.807) is 6.08 Å². The summed E-state index contributed by atoms with van der Waals surface area (Å²) in [7, 11) is -3.06. The molecule has 10 heteroatoms. The van der Waals surface area contributed by atoms with E-state index in [1.807, 2.05) is 35.7 Å². The molecule has 3 aromatic rings. The minimum Gasteiger partial charge on any atom is -0.352 e. The summed E-state index contributed by atoms with van der Waals surface area (Å²) in [5.74, 6) is -0.151. The number of rotatable bonds is 7. The van der Waals surface area contributed by atoms with Gasteiger partial charge < -0.3 is 5.32 Å². The van der Waals surface area contributed by atoms with Crippen LogP contribution in [-0.4, -0.2) is 47.2 Å². The molecule has 1 amide bonds. The lowest BCUT2D eigenvalue weighted by Gasteiger charge is -2.13. The van der Waals surface area contributed by atoms with Crippen molar-refractivity contribution >= 4 is 49.1 Å². The highest BCUT2D eigenvalue weighted by Crippen LogP contribution is 2.32. The first-order valence-corrected chi connectivity index (χ1v) is 13.4. The van der Waals surface area contributed by atoms with Gasteiger partial charge >= 0.3 is 0 Å². The van der Waals surface area contributed by atoms with Crippen molar-refractivity contribution in [2.75, 3.05) is 17.3 Å². The molecule has 1 saturated heterocycles. The molecule has 1 aliphatic heterocycles. The third-order valence-electron chi connectivity index (χ3n) is 4.99.